The molecule has 17 heavy (non-hydrogen) atoms. The highest BCUT2D eigenvalue weighted by Gasteiger charge is 2.55. The highest BCUT2D eigenvalue weighted by Crippen LogP contribution is 2.48. The third-order valence-corrected chi connectivity index (χ3v) is 2.82. The molecule has 2 nitrogen and oxygen atoms in total. The number of aryl methyl sites for hydroxylation is 1. The number of halogens is 4. The van der Waals surface area contributed by atoms with Gasteiger partial charge >= 0.3 is 15.9 Å². The minimum Gasteiger partial charge on any atom is -0.419 e. The molecule has 0 aliphatic rings. The molecule has 1 aromatic rings. The summed E-state index contributed by atoms with van der Waals surface area (Å²) < 4.78 is 29.4. The van der Waals surface area contributed by atoms with Gasteiger partial charge in [0.15, 0.2) is 0 Å². The van der Waals surface area contributed by atoms with Gasteiger partial charge in [0.2, 0.25) is 0 Å². The van der Waals surface area contributed by atoms with Crippen molar-refractivity contribution in [3.8, 4) is 0 Å². The van der Waals surface area contributed by atoms with E-state index in [9.17, 15) is 13.6 Å². The molecular weight excluding hydrogens is 317 g/mol. The second kappa shape index (κ2) is 4.90. The van der Waals surface area contributed by atoms with E-state index in [1.54, 1.807) is 19.1 Å². The zero-order valence-electron chi connectivity index (χ0n) is 9.14. The lowest BCUT2D eigenvalue weighted by Crippen LogP contribution is -2.40. The fraction of sp³-hybridized carbons (Fsp3) is 0.364. The van der Waals surface area contributed by atoms with Gasteiger partial charge in [0.1, 0.15) is 0 Å². The minimum atomic E-state index is -3.09. The number of ether oxygens (including phenoxy) is 1. The molecule has 0 heterocycles. The van der Waals surface area contributed by atoms with Crippen molar-refractivity contribution in [3.63, 3.8) is 0 Å². The van der Waals surface area contributed by atoms with Crippen molar-refractivity contribution < 1.29 is 18.3 Å². The Labute approximate surface area is 111 Å². The summed E-state index contributed by atoms with van der Waals surface area (Å²) in [7, 11) is 0. The lowest BCUT2D eigenvalue weighted by molar-refractivity contribution is -0.197. The Balaban J connectivity index is 3.24. The molecule has 0 aliphatic carbocycles. The van der Waals surface area contributed by atoms with Gasteiger partial charge in [-0.1, -0.05) is 41.4 Å². The molecule has 1 rings (SSSR count). The highest BCUT2D eigenvalue weighted by atomic mass is 79.9. The van der Waals surface area contributed by atoms with Gasteiger partial charge in [-0.2, -0.15) is 4.39 Å². The molecule has 0 unspecified atom stereocenters. The van der Waals surface area contributed by atoms with E-state index in [4.69, 9.17) is 11.6 Å². The number of esters is 1. The van der Waals surface area contributed by atoms with Crippen LogP contribution < -0.4 is 0 Å². The molecule has 0 spiro atoms. The normalized spacial score (nSPS) is 18.0. The Morgan fingerprint density at radius 3 is 2.18 bits per heavy atom. The predicted molar refractivity (Wildman–Crippen MR) is 64.4 cm³/mol. The van der Waals surface area contributed by atoms with Gasteiger partial charge in [-0.25, -0.2) is 4.39 Å². The lowest BCUT2D eigenvalue weighted by Gasteiger charge is -2.30. The number of alkyl halides is 4. The van der Waals surface area contributed by atoms with Crippen LogP contribution in [-0.2, 0) is 15.4 Å². The number of carbonyl (C=O) groups excluding carboxylic acids is 1. The maximum Gasteiger partial charge on any atom is 0.334 e. The molecule has 2 atom stereocenters. The molecular formula is C11H10BrClF2O2. The smallest absolute Gasteiger partial charge is 0.334 e. The van der Waals surface area contributed by atoms with Crippen molar-refractivity contribution in [2.75, 3.05) is 0 Å². The number of hydrogen-bond donors (Lipinski definition) is 0. The van der Waals surface area contributed by atoms with Crippen LogP contribution in [0.2, 0.25) is 0 Å². The van der Waals surface area contributed by atoms with Crippen molar-refractivity contribution in [2.45, 2.75) is 23.7 Å². The van der Waals surface area contributed by atoms with Crippen molar-refractivity contribution in [1.29, 1.82) is 0 Å². The maximum absolute atomic E-state index is 14.4. The van der Waals surface area contributed by atoms with E-state index in [0.29, 0.717) is 0 Å². The minimum absolute atomic E-state index is 0.187. The van der Waals surface area contributed by atoms with E-state index in [2.05, 4.69) is 20.7 Å². The molecule has 0 aliphatic heterocycles. The lowest BCUT2D eigenvalue weighted by atomic mass is 10.1. The third-order valence-electron chi connectivity index (χ3n) is 2.07. The Morgan fingerprint density at radius 2 is 1.82 bits per heavy atom. The zero-order valence-corrected chi connectivity index (χ0v) is 11.5. The average Bonchev–Trinajstić information content (AvgIpc) is 2.15. The van der Waals surface area contributed by atoms with Crippen LogP contribution >= 0.6 is 27.5 Å². The summed E-state index contributed by atoms with van der Waals surface area (Å²) in [5.74, 6) is -4.07. The van der Waals surface area contributed by atoms with Crippen molar-refractivity contribution in [3.05, 3.63) is 35.4 Å². The number of hydrogen-bond acceptors (Lipinski definition) is 2. The standard InChI is InChI=1S/C11H10BrClF2O2/c1-7-3-5-9(6-4-7)10(14,11(12,13)15)17-8(2)16/h3-6H,1-2H3/t10-,11-/m0/s1. The van der Waals surface area contributed by atoms with Gasteiger partial charge in [-0.05, 0) is 22.9 Å². The first-order chi connectivity index (χ1) is 7.67. The molecule has 0 fully saturated rings. The van der Waals surface area contributed by atoms with E-state index >= 15 is 0 Å². The summed E-state index contributed by atoms with van der Waals surface area (Å²) >= 11 is 7.59. The second-order valence-corrected chi connectivity index (χ2v) is 5.62. The quantitative estimate of drug-likeness (QED) is 0.621. The fourth-order valence-electron chi connectivity index (χ4n) is 1.25. The maximum atomic E-state index is 14.4. The fourth-order valence-corrected chi connectivity index (χ4v) is 1.70. The van der Waals surface area contributed by atoms with Crippen LogP contribution in [0.1, 0.15) is 18.1 Å². The van der Waals surface area contributed by atoms with Crippen LogP contribution in [0, 0.1) is 6.92 Å². The molecule has 0 N–H and O–H groups in total. The summed E-state index contributed by atoms with van der Waals surface area (Å²) in [6.45, 7) is 2.76. The Kier molecular flexibility index (Phi) is 4.15. The van der Waals surface area contributed by atoms with Crippen LogP contribution in [0.25, 0.3) is 0 Å². The Hall–Kier alpha value is -0.680. The number of rotatable bonds is 3. The topological polar surface area (TPSA) is 26.3 Å². The van der Waals surface area contributed by atoms with Gasteiger partial charge in [-0.15, -0.1) is 0 Å². The summed E-state index contributed by atoms with van der Waals surface area (Å²) in [5.41, 5.74) is 0.667. The van der Waals surface area contributed by atoms with Crippen LogP contribution in [0.5, 0.6) is 0 Å². The van der Waals surface area contributed by atoms with Crippen molar-refractivity contribution in [2.24, 2.45) is 0 Å². The molecule has 94 valence electrons. The van der Waals surface area contributed by atoms with Gasteiger partial charge in [-0.3, -0.25) is 4.79 Å². The van der Waals surface area contributed by atoms with Gasteiger partial charge < -0.3 is 4.74 Å². The number of carbonyl (C=O) groups is 1. The van der Waals surface area contributed by atoms with E-state index in [1.807, 2.05) is 0 Å². The molecule has 0 saturated heterocycles. The summed E-state index contributed by atoms with van der Waals surface area (Å²) in [4.78, 5) is 10.8. The predicted octanol–water partition coefficient (Wildman–Crippen LogP) is 3.94. The summed E-state index contributed by atoms with van der Waals surface area (Å²) in [6.07, 6.45) is 0. The number of benzene rings is 1. The monoisotopic (exact) mass is 326 g/mol. The molecule has 0 amide bonds. The SMILES string of the molecule is CC(=O)O[C@@](F)(c1ccc(C)cc1)[C@@](F)(Cl)Br. The molecule has 1 aromatic carbocycles. The summed E-state index contributed by atoms with van der Waals surface area (Å²) in [6, 6.07) is 5.72. The third kappa shape index (κ3) is 3.16. The molecule has 0 aromatic heterocycles. The molecule has 0 saturated carbocycles. The van der Waals surface area contributed by atoms with Gasteiger partial charge in [0.05, 0.1) is 0 Å². The first-order valence-corrected chi connectivity index (χ1v) is 5.86. The van der Waals surface area contributed by atoms with Crippen LogP contribution in [0.3, 0.4) is 0 Å². The van der Waals surface area contributed by atoms with Crippen molar-refractivity contribution >= 4 is 33.5 Å². The van der Waals surface area contributed by atoms with Gasteiger partial charge in [0.25, 0.3) is 0 Å². The summed E-state index contributed by atoms with van der Waals surface area (Å²) in [5, 5.41) is 0. The van der Waals surface area contributed by atoms with Crippen LogP contribution in [0.4, 0.5) is 8.78 Å². The van der Waals surface area contributed by atoms with E-state index in [0.717, 1.165) is 12.5 Å². The largest absolute Gasteiger partial charge is 0.419 e. The molecule has 6 heteroatoms. The molecule has 0 bridgehead atoms. The van der Waals surface area contributed by atoms with Crippen LogP contribution in [0.15, 0.2) is 24.3 Å². The van der Waals surface area contributed by atoms with Crippen molar-refractivity contribution in [1.82, 2.24) is 0 Å². The highest BCUT2D eigenvalue weighted by molar-refractivity contribution is 9.10. The molecule has 0 radical (unpaired) electrons. The van der Waals surface area contributed by atoms with E-state index in [-0.39, 0.29) is 5.56 Å². The van der Waals surface area contributed by atoms with Gasteiger partial charge in [0, 0.05) is 12.5 Å². The Bertz CT molecular complexity index is 416. The van der Waals surface area contributed by atoms with E-state index < -0.39 is 15.9 Å². The first-order valence-electron chi connectivity index (χ1n) is 4.69. The van der Waals surface area contributed by atoms with E-state index in [1.165, 1.54) is 12.1 Å². The van der Waals surface area contributed by atoms with Crippen LogP contribution in [-0.4, -0.2) is 10.0 Å². The Morgan fingerprint density at radius 1 is 1.35 bits per heavy atom. The zero-order chi connectivity index (χ0) is 13.3. The second-order valence-electron chi connectivity index (χ2n) is 3.55. The average molecular weight is 328 g/mol. The first kappa shape index (κ1) is 14.4.